The third-order valence-electron chi connectivity index (χ3n) is 11.7. The van der Waals surface area contributed by atoms with Gasteiger partial charge in [-0.25, -0.2) is 29.1 Å². The molecule has 0 radical (unpaired) electrons. The zero-order valence-corrected chi connectivity index (χ0v) is 39.5. The van der Waals surface area contributed by atoms with Crippen molar-refractivity contribution in [3.8, 4) is 67.5 Å². The van der Waals surface area contributed by atoms with Gasteiger partial charge >= 0.3 is 23.9 Å². The molecule has 16 nitrogen and oxygen atoms in total. The van der Waals surface area contributed by atoms with E-state index in [2.05, 4.69) is 9.97 Å². The van der Waals surface area contributed by atoms with E-state index in [1.807, 2.05) is 97.1 Å². The number of methoxy groups -OCH3 is 4. The minimum atomic E-state index is -0.503. The fourth-order valence-corrected chi connectivity index (χ4v) is 8.10. The van der Waals surface area contributed by atoms with Gasteiger partial charge in [-0.15, -0.1) is 0 Å². The van der Waals surface area contributed by atoms with Gasteiger partial charge in [-0.3, -0.25) is 0 Å². The summed E-state index contributed by atoms with van der Waals surface area (Å²) >= 11 is 0. The third kappa shape index (κ3) is 10.6. The SMILES string of the molecule is COC(=O)COc1ccc(-c2c3nc(c(-c4ccc(OCC(=O)OC)cc4)c4ccc([nH]4)c(-c4ccc(OCC(=O)OC)cc4)c4nc(c(-c5ccc(OCC(=O)OC)cc5)c5ccc2[nH]5)C=C4)C=C3)cc1. The first kappa shape index (κ1) is 47.6. The van der Waals surface area contributed by atoms with Crippen LogP contribution in [0.2, 0.25) is 0 Å². The maximum atomic E-state index is 11.9. The van der Waals surface area contributed by atoms with Crippen molar-refractivity contribution in [1.82, 2.24) is 19.9 Å². The Morgan fingerprint density at radius 1 is 0.333 bits per heavy atom. The summed E-state index contributed by atoms with van der Waals surface area (Å²) < 4.78 is 41.9. The second-order valence-electron chi connectivity index (χ2n) is 16.1. The van der Waals surface area contributed by atoms with Crippen LogP contribution < -0.4 is 18.9 Å². The minimum absolute atomic E-state index is 0.245. The molecule has 72 heavy (non-hydrogen) atoms. The van der Waals surface area contributed by atoms with E-state index in [9.17, 15) is 19.2 Å². The maximum Gasteiger partial charge on any atom is 0.343 e. The first-order chi connectivity index (χ1) is 35.1. The first-order valence-corrected chi connectivity index (χ1v) is 22.5. The molecule has 0 saturated carbocycles. The van der Waals surface area contributed by atoms with Gasteiger partial charge < -0.3 is 47.9 Å². The first-order valence-electron chi connectivity index (χ1n) is 22.5. The molecule has 0 unspecified atom stereocenters. The molecular formula is C56H46N4O12. The molecule has 0 aliphatic carbocycles. The minimum Gasteiger partial charge on any atom is -0.482 e. The van der Waals surface area contributed by atoms with Crippen molar-refractivity contribution in [2.75, 3.05) is 54.9 Å². The van der Waals surface area contributed by atoms with E-state index in [1.165, 1.54) is 28.4 Å². The fraction of sp³-hybridized carbons (Fsp3) is 0.143. The number of ether oxygens (including phenoxy) is 8. The van der Waals surface area contributed by atoms with Gasteiger partial charge in [-0.1, -0.05) is 48.5 Å². The second-order valence-corrected chi connectivity index (χ2v) is 16.1. The van der Waals surface area contributed by atoms with E-state index < -0.39 is 23.9 Å². The number of rotatable bonds is 16. The molecule has 8 bridgehead atoms. The molecule has 2 aliphatic heterocycles. The normalized spacial score (nSPS) is 11.4. The predicted molar refractivity (Wildman–Crippen MR) is 271 cm³/mol. The van der Waals surface area contributed by atoms with Crippen molar-refractivity contribution >= 4 is 70.2 Å². The van der Waals surface area contributed by atoms with Gasteiger partial charge in [0.25, 0.3) is 0 Å². The predicted octanol–water partition coefficient (Wildman–Crippen LogP) is 9.53. The van der Waals surface area contributed by atoms with Gasteiger partial charge in [0.05, 0.1) is 51.2 Å². The Hall–Kier alpha value is -9.44. The van der Waals surface area contributed by atoms with Gasteiger partial charge in [-0.05, 0) is 119 Å². The summed E-state index contributed by atoms with van der Waals surface area (Å²) in [5.41, 5.74) is 11.9. The molecule has 3 aromatic heterocycles. The van der Waals surface area contributed by atoms with Gasteiger partial charge in [0.2, 0.25) is 0 Å². The molecule has 0 saturated heterocycles. The van der Waals surface area contributed by atoms with Gasteiger partial charge in [0, 0.05) is 44.3 Å². The van der Waals surface area contributed by atoms with Crippen LogP contribution in [0.5, 0.6) is 23.0 Å². The lowest BCUT2D eigenvalue weighted by Crippen LogP contribution is -2.12. The van der Waals surface area contributed by atoms with Crippen LogP contribution >= 0.6 is 0 Å². The number of esters is 4. The number of hydrogen-bond acceptors (Lipinski definition) is 14. The average Bonchev–Trinajstić information content (AvgIpc) is 4.28. The fourth-order valence-electron chi connectivity index (χ4n) is 8.10. The highest BCUT2D eigenvalue weighted by atomic mass is 16.6. The third-order valence-corrected chi connectivity index (χ3v) is 11.7. The molecule has 0 atom stereocenters. The summed E-state index contributed by atoms with van der Waals surface area (Å²) in [7, 11) is 5.22. The molecule has 4 aromatic carbocycles. The zero-order chi connectivity index (χ0) is 50.1. The number of H-pyrrole nitrogens is 2. The Bertz CT molecular complexity index is 2970. The number of nitrogens with one attached hydrogen (secondary N) is 2. The van der Waals surface area contributed by atoms with Gasteiger partial charge in [0.15, 0.2) is 26.4 Å². The van der Waals surface area contributed by atoms with Crippen LogP contribution in [-0.2, 0) is 38.1 Å². The molecule has 9 rings (SSSR count). The average molecular weight is 967 g/mol. The van der Waals surface area contributed by atoms with Crippen molar-refractivity contribution in [1.29, 1.82) is 0 Å². The Morgan fingerprint density at radius 2 is 0.542 bits per heavy atom. The summed E-state index contributed by atoms with van der Waals surface area (Å²) in [6.45, 7) is -0.980. The van der Waals surface area contributed by atoms with Crippen molar-refractivity contribution in [3.63, 3.8) is 0 Å². The van der Waals surface area contributed by atoms with Crippen molar-refractivity contribution < 1.29 is 57.1 Å². The van der Waals surface area contributed by atoms with Crippen molar-refractivity contribution in [2.45, 2.75) is 0 Å². The molecular weight excluding hydrogens is 921 g/mol. The molecule has 16 heteroatoms. The number of aromatic nitrogens is 4. The van der Waals surface area contributed by atoms with Crippen LogP contribution in [0.3, 0.4) is 0 Å². The van der Waals surface area contributed by atoms with Gasteiger partial charge in [0.1, 0.15) is 23.0 Å². The van der Waals surface area contributed by atoms with Crippen molar-refractivity contribution in [3.05, 3.63) is 144 Å². The highest BCUT2D eigenvalue weighted by molar-refractivity contribution is 6.00. The standard InChI is InChI=1S/C56H46N4O12/c1-65-49(61)29-69-37-13-5-33(6-14-37)53-41-21-23-43(57-41)54(34-7-15-38(16-8-34)70-30-50(62)66-2)45-25-27-47(59-45)56(36-11-19-40(20-12-36)72-32-52(64)68-4)48-28-26-46(60-48)55(44-24-22-42(53)58-44)35-9-17-39(18-10-35)71-31-51(63)67-3/h5-28,57,60H,29-32H2,1-4H3. The highest BCUT2D eigenvalue weighted by Gasteiger charge is 2.20. The van der Waals surface area contributed by atoms with Crippen LogP contribution in [0, 0.1) is 0 Å². The Labute approximate surface area is 412 Å². The topological polar surface area (TPSA) is 199 Å². The lowest BCUT2D eigenvalue weighted by atomic mass is 10.0. The van der Waals surface area contributed by atoms with E-state index >= 15 is 0 Å². The Kier molecular flexibility index (Phi) is 14.2. The molecule has 362 valence electrons. The Balaban J connectivity index is 1.31. The van der Waals surface area contributed by atoms with Gasteiger partial charge in [-0.2, -0.15) is 0 Å². The van der Waals surface area contributed by atoms with Crippen LogP contribution in [0.4, 0.5) is 0 Å². The molecule has 0 amide bonds. The van der Waals surface area contributed by atoms with E-state index in [1.54, 1.807) is 48.5 Å². The molecule has 5 heterocycles. The number of aromatic amines is 2. The number of carbonyl (C=O) groups is 4. The molecule has 0 spiro atoms. The van der Waals surface area contributed by atoms with E-state index in [0.717, 1.165) is 66.6 Å². The van der Waals surface area contributed by atoms with Crippen LogP contribution in [0.15, 0.2) is 121 Å². The molecule has 7 aromatic rings. The highest BCUT2D eigenvalue weighted by Crippen LogP contribution is 2.39. The van der Waals surface area contributed by atoms with Crippen molar-refractivity contribution in [2.24, 2.45) is 0 Å². The summed E-state index contributed by atoms with van der Waals surface area (Å²) in [5, 5.41) is 0. The van der Waals surface area contributed by atoms with E-state index in [0.29, 0.717) is 45.8 Å². The number of carbonyl (C=O) groups excluding carboxylic acids is 4. The monoisotopic (exact) mass is 966 g/mol. The number of nitrogens with zero attached hydrogens (tertiary/aromatic N) is 2. The van der Waals surface area contributed by atoms with Crippen LogP contribution in [0.1, 0.15) is 22.8 Å². The number of fused-ring (bicyclic) bond motifs is 8. The van der Waals surface area contributed by atoms with E-state index in [-0.39, 0.29) is 26.4 Å². The molecule has 2 aliphatic rings. The number of hydrogen-bond donors (Lipinski definition) is 2. The van der Waals surface area contributed by atoms with E-state index in [4.69, 9.17) is 47.9 Å². The van der Waals surface area contributed by atoms with Crippen LogP contribution in [-0.4, -0.2) is 98.7 Å². The maximum absolute atomic E-state index is 11.9. The smallest absolute Gasteiger partial charge is 0.343 e. The largest absolute Gasteiger partial charge is 0.482 e. The lowest BCUT2D eigenvalue weighted by molar-refractivity contribution is -0.143. The summed E-state index contributed by atoms with van der Waals surface area (Å²) in [6, 6.07) is 37.5. The quantitative estimate of drug-likeness (QED) is 0.0685. The lowest BCUT2D eigenvalue weighted by Gasteiger charge is -2.09. The summed E-state index contributed by atoms with van der Waals surface area (Å²) in [4.78, 5) is 65.7. The van der Waals surface area contributed by atoms with Crippen LogP contribution in [0.25, 0.3) is 90.9 Å². The number of benzene rings is 4. The Morgan fingerprint density at radius 3 is 0.736 bits per heavy atom. The summed E-state index contributed by atoms with van der Waals surface area (Å²) in [5.74, 6) is -0.104. The summed E-state index contributed by atoms with van der Waals surface area (Å²) in [6.07, 6.45) is 7.86. The zero-order valence-electron chi connectivity index (χ0n) is 39.5. The second kappa shape index (κ2) is 21.5. The molecule has 2 N–H and O–H groups in total. The molecule has 0 fully saturated rings.